The number of methoxy groups -OCH3 is 2. The second-order valence-corrected chi connectivity index (χ2v) is 6.54. The minimum atomic E-state index is 0.672. The highest BCUT2D eigenvalue weighted by molar-refractivity contribution is 5.51. The first-order chi connectivity index (χ1) is 12.7. The van der Waals surface area contributed by atoms with Gasteiger partial charge < -0.3 is 19.3 Å². The molecule has 3 rings (SSSR count). The maximum atomic E-state index is 5.44. The van der Waals surface area contributed by atoms with Gasteiger partial charge >= 0.3 is 0 Å². The smallest absolute Gasteiger partial charge is 0.247 e. The van der Waals surface area contributed by atoms with E-state index in [-0.39, 0.29) is 0 Å². The van der Waals surface area contributed by atoms with Crippen molar-refractivity contribution < 1.29 is 9.47 Å². The summed E-state index contributed by atoms with van der Waals surface area (Å²) < 4.78 is 10.8. The van der Waals surface area contributed by atoms with E-state index < -0.39 is 0 Å². The maximum Gasteiger partial charge on any atom is 0.247 e. The fourth-order valence-electron chi connectivity index (χ4n) is 3.17. The van der Waals surface area contributed by atoms with Crippen LogP contribution in [0.2, 0.25) is 0 Å². The third-order valence-electron chi connectivity index (χ3n) is 4.77. The van der Waals surface area contributed by atoms with Crippen molar-refractivity contribution in [1.82, 2.24) is 15.2 Å². The highest BCUT2D eigenvalue weighted by Crippen LogP contribution is 2.33. The number of aromatic nitrogens is 3. The number of benzene rings is 1. The second kappa shape index (κ2) is 8.21. The van der Waals surface area contributed by atoms with Crippen LogP contribution in [0.25, 0.3) is 0 Å². The number of fused-ring (bicyclic) bond motifs is 1. The van der Waals surface area contributed by atoms with Crippen molar-refractivity contribution >= 4 is 11.8 Å². The van der Waals surface area contributed by atoms with Gasteiger partial charge in [-0.1, -0.05) is 13.3 Å². The summed E-state index contributed by atoms with van der Waals surface area (Å²) >= 11 is 0. The van der Waals surface area contributed by atoms with Crippen LogP contribution in [0, 0.1) is 0 Å². The van der Waals surface area contributed by atoms with Crippen molar-refractivity contribution in [3.63, 3.8) is 0 Å². The monoisotopic (exact) mass is 357 g/mol. The minimum absolute atomic E-state index is 0.672. The lowest BCUT2D eigenvalue weighted by Gasteiger charge is -2.29. The first-order valence-corrected chi connectivity index (χ1v) is 9.05. The van der Waals surface area contributed by atoms with Gasteiger partial charge in [-0.2, -0.15) is 10.1 Å². The van der Waals surface area contributed by atoms with E-state index in [0.717, 1.165) is 56.2 Å². The quantitative estimate of drug-likeness (QED) is 0.755. The Morgan fingerprint density at radius 3 is 2.58 bits per heavy atom. The Morgan fingerprint density at radius 1 is 1.15 bits per heavy atom. The predicted octanol–water partition coefficient (Wildman–Crippen LogP) is 2.69. The fourth-order valence-corrected chi connectivity index (χ4v) is 3.17. The third kappa shape index (κ3) is 3.81. The van der Waals surface area contributed by atoms with Gasteiger partial charge in [0.1, 0.15) is 0 Å². The van der Waals surface area contributed by atoms with Crippen LogP contribution in [0.15, 0.2) is 18.3 Å². The molecule has 7 nitrogen and oxygen atoms in total. The highest BCUT2D eigenvalue weighted by atomic mass is 16.5. The Hall–Kier alpha value is -2.57. The van der Waals surface area contributed by atoms with Crippen LogP contribution >= 0.6 is 0 Å². The molecule has 0 bridgehead atoms. The average molecular weight is 357 g/mol. The van der Waals surface area contributed by atoms with E-state index in [1.54, 1.807) is 20.4 Å². The minimum Gasteiger partial charge on any atom is -0.493 e. The van der Waals surface area contributed by atoms with Crippen molar-refractivity contribution in [2.24, 2.45) is 0 Å². The Balaban J connectivity index is 1.80. The summed E-state index contributed by atoms with van der Waals surface area (Å²) in [7, 11) is 5.37. The zero-order valence-corrected chi connectivity index (χ0v) is 16.0. The molecule has 1 aliphatic rings. The van der Waals surface area contributed by atoms with Gasteiger partial charge in [-0.15, -0.1) is 5.10 Å². The molecule has 2 aromatic rings. The van der Waals surface area contributed by atoms with Crippen LogP contribution in [0.5, 0.6) is 11.5 Å². The van der Waals surface area contributed by atoms with Crippen molar-refractivity contribution in [3.8, 4) is 11.5 Å². The van der Waals surface area contributed by atoms with Crippen LogP contribution in [0.4, 0.5) is 11.8 Å². The SMILES string of the molecule is CCCCN(C)c1cnnc(N2CCc3cc(OC)c(OC)cc3C2)n1. The molecular formula is C19H27N5O2. The number of nitrogens with zero attached hydrogens (tertiary/aromatic N) is 5. The highest BCUT2D eigenvalue weighted by Gasteiger charge is 2.22. The molecule has 1 aromatic heterocycles. The molecule has 0 unspecified atom stereocenters. The molecule has 0 atom stereocenters. The Morgan fingerprint density at radius 2 is 1.88 bits per heavy atom. The standard InChI is InChI=1S/C19H27N5O2/c1-5-6-8-23(2)18-12-20-22-19(21-18)24-9-7-14-10-16(25-3)17(26-4)11-15(14)13-24/h10-12H,5-9,13H2,1-4H3. The Bertz CT molecular complexity index is 753. The lowest BCUT2D eigenvalue weighted by Crippen LogP contribution is -2.32. The zero-order chi connectivity index (χ0) is 18.5. The summed E-state index contributed by atoms with van der Waals surface area (Å²) in [5, 5.41) is 8.42. The molecule has 1 aliphatic heterocycles. The number of hydrogen-bond donors (Lipinski definition) is 0. The van der Waals surface area contributed by atoms with Gasteiger partial charge in [-0.3, -0.25) is 0 Å². The lowest BCUT2D eigenvalue weighted by atomic mass is 9.99. The summed E-state index contributed by atoms with van der Waals surface area (Å²) in [6, 6.07) is 4.12. The molecule has 1 aromatic carbocycles. The molecule has 26 heavy (non-hydrogen) atoms. The second-order valence-electron chi connectivity index (χ2n) is 6.54. The fraction of sp³-hybridized carbons (Fsp3) is 0.526. The van der Waals surface area contributed by atoms with Gasteiger partial charge in [0, 0.05) is 26.7 Å². The van der Waals surface area contributed by atoms with Crippen LogP contribution in [0.1, 0.15) is 30.9 Å². The van der Waals surface area contributed by atoms with E-state index in [0.29, 0.717) is 5.95 Å². The number of anilines is 2. The Kier molecular flexibility index (Phi) is 5.75. The number of ether oxygens (including phenoxy) is 2. The van der Waals surface area contributed by atoms with E-state index in [4.69, 9.17) is 14.5 Å². The largest absolute Gasteiger partial charge is 0.493 e. The van der Waals surface area contributed by atoms with Crippen LogP contribution < -0.4 is 19.3 Å². The molecule has 140 valence electrons. The summed E-state index contributed by atoms with van der Waals surface area (Å²) in [5.41, 5.74) is 2.49. The molecule has 0 amide bonds. The molecule has 0 spiro atoms. The molecular weight excluding hydrogens is 330 g/mol. The van der Waals surface area contributed by atoms with Gasteiger partial charge in [-0.25, -0.2) is 0 Å². The van der Waals surface area contributed by atoms with Crippen molar-refractivity contribution in [2.75, 3.05) is 44.2 Å². The third-order valence-corrected chi connectivity index (χ3v) is 4.77. The van der Waals surface area contributed by atoms with Gasteiger partial charge in [0.25, 0.3) is 0 Å². The summed E-state index contributed by atoms with van der Waals surface area (Å²) in [5.74, 6) is 3.06. The van der Waals surface area contributed by atoms with Gasteiger partial charge in [0.15, 0.2) is 17.3 Å². The van der Waals surface area contributed by atoms with E-state index in [9.17, 15) is 0 Å². The normalized spacial score (nSPS) is 13.3. The van der Waals surface area contributed by atoms with E-state index in [1.165, 1.54) is 11.1 Å². The molecule has 0 fully saturated rings. The number of rotatable bonds is 7. The van der Waals surface area contributed by atoms with E-state index in [2.05, 4.69) is 33.0 Å². The summed E-state index contributed by atoms with van der Waals surface area (Å²) in [6.07, 6.45) is 4.93. The van der Waals surface area contributed by atoms with Crippen molar-refractivity contribution in [1.29, 1.82) is 0 Å². The van der Waals surface area contributed by atoms with Gasteiger partial charge in [0.2, 0.25) is 5.95 Å². The van der Waals surface area contributed by atoms with Crippen LogP contribution in [-0.4, -0.2) is 49.5 Å². The first-order valence-electron chi connectivity index (χ1n) is 9.05. The number of unbranched alkanes of at least 4 members (excludes halogenated alkanes) is 1. The molecule has 0 saturated carbocycles. The lowest BCUT2D eigenvalue weighted by molar-refractivity contribution is 0.353. The van der Waals surface area contributed by atoms with Crippen LogP contribution in [-0.2, 0) is 13.0 Å². The predicted molar refractivity (Wildman–Crippen MR) is 102 cm³/mol. The number of hydrogen-bond acceptors (Lipinski definition) is 7. The summed E-state index contributed by atoms with van der Waals surface area (Å²) in [4.78, 5) is 9.02. The van der Waals surface area contributed by atoms with E-state index in [1.807, 2.05) is 13.1 Å². The van der Waals surface area contributed by atoms with Crippen molar-refractivity contribution in [3.05, 3.63) is 29.5 Å². The molecule has 0 radical (unpaired) electrons. The molecule has 0 N–H and O–H groups in total. The van der Waals surface area contributed by atoms with Crippen LogP contribution in [0.3, 0.4) is 0 Å². The molecule has 0 saturated heterocycles. The van der Waals surface area contributed by atoms with E-state index >= 15 is 0 Å². The maximum absolute atomic E-state index is 5.44. The molecule has 0 aliphatic carbocycles. The first kappa shape index (κ1) is 18.2. The summed E-state index contributed by atoms with van der Waals surface area (Å²) in [6.45, 7) is 4.74. The Labute approximate surface area is 155 Å². The molecule has 7 heteroatoms. The molecule has 2 heterocycles. The average Bonchev–Trinajstić information content (AvgIpc) is 2.70. The van der Waals surface area contributed by atoms with Gasteiger partial charge in [0.05, 0.1) is 20.4 Å². The van der Waals surface area contributed by atoms with Gasteiger partial charge in [-0.05, 0) is 36.1 Å². The van der Waals surface area contributed by atoms with Crippen molar-refractivity contribution in [2.45, 2.75) is 32.7 Å². The topological polar surface area (TPSA) is 63.6 Å². The zero-order valence-electron chi connectivity index (χ0n) is 16.0.